The smallest absolute Gasteiger partial charge is 0.0958 e. The highest BCUT2D eigenvalue weighted by atomic mass is 15.1. The van der Waals surface area contributed by atoms with Gasteiger partial charge in [-0.2, -0.15) is 0 Å². The molecule has 18 heavy (non-hydrogen) atoms. The summed E-state index contributed by atoms with van der Waals surface area (Å²) in [5.74, 6) is 0.703. The van der Waals surface area contributed by atoms with Crippen molar-refractivity contribution in [2.24, 2.45) is 5.92 Å². The standard InChI is InChI=1S/C15H23N3/c1-11(2)9-16-5-6-18-10-17-14-7-12(3)13(4)8-15(14)18/h7-8,10-11,16H,5-6,9H2,1-4H3. The maximum atomic E-state index is 4.47. The molecule has 0 amide bonds. The average Bonchev–Trinajstić information content (AvgIpc) is 2.68. The zero-order valence-electron chi connectivity index (χ0n) is 11.8. The summed E-state index contributed by atoms with van der Waals surface area (Å²) in [7, 11) is 0. The van der Waals surface area contributed by atoms with Gasteiger partial charge in [-0.05, 0) is 49.6 Å². The second-order valence-electron chi connectivity index (χ2n) is 5.46. The number of hydrogen-bond donors (Lipinski definition) is 1. The summed E-state index contributed by atoms with van der Waals surface area (Å²) in [6, 6.07) is 4.41. The van der Waals surface area contributed by atoms with E-state index in [0.29, 0.717) is 5.92 Å². The number of benzene rings is 1. The van der Waals surface area contributed by atoms with Crippen LogP contribution in [-0.2, 0) is 6.54 Å². The molecule has 0 atom stereocenters. The molecule has 98 valence electrons. The zero-order valence-corrected chi connectivity index (χ0v) is 11.8. The number of nitrogens with one attached hydrogen (secondary N) is 1. The molecule has 1 aromatic heterocycles. The van der Waals surface area contributed by atoms with E-state index in [2.05, 4.69) is 54.7 Å². The minimum Gasteiger partial charge on any atom is -0.329 e. The van der Waals surface area contributed by atoms with E-state index in [4.69, 9.17) is 0 Å². The van der Waals surface area contributed by atoms with Crippen LogP contribution in [0.25, 0.3) is 11.0 Å². The third-order valence-corrected chi connectivity index (χ3v) is 3.32. The lowest BCUT2D eigenvalue weighted by atomic mass is 10.1. The van der Waals surface area contributed by atoms with Gasteiger partial charge in [0.25, 0.3) is 0 Å². The van der Waals surface area contributed by atoms with Gasteiger partial charge in [0.1, 0.15) is 0 Å². The second kappa shape index (κ2) is 5.53. The molecule has 0 unspecified atom stereocenters. The highest BCUT2D eigenvalue weighted by Crippen LogP contribution is 2.18. The molecule has 1 aromatic carbocycles. The number of fused-ring (bicyclic) bond motifs is 1. The van der Waals surface area contributed by atoms with Crippen molar-refractivity contribution in [2.75, 3.05) is 13.1 Å². The van der Waals surface area contributed by atoms with E-state index in [-0.39, 0.29) is 0 Å². The zero-order chi connectivity index (χ0) is 13.1. The maximum Gasteiger partial charge on any atom is 0.0958 e. The first-order valence-corrected chi connectivity index (χ1v) is 6.70. The molecular formula is C15H23N3. The third-order valence-electron chi connectivity index (χ3n) is 3.32. The molecule has 0 aliphatic heterocycles. The van der Waals surface area contributed by atoms with Crippen molar-refractivity contribution in [2.45, 2.75) is 34.2 Å². The van der Waals surface area contributed by atoms with Crippen molar-refractivity contribution >= 4 is 11.0 Å². The van der Waals surface area contributed by atoms with Crippen molar-refractivity contribution in [3.05, 3.63) is 29.6 Å². The molecule has 0 saturated heterocycles. The van der Waals surface area contributed by atoms with Gasteiger partial charge in [0.15, 0.2) is 0 Å². The molecule has 2 rings (SSSR count). The molecule has 0 bridgehead atoms. The van der Waals surface area contributed by atoms with Gasteiger partial charge in [-0.3, -0.25) is 0 Å². The van der Waals surface area contributed by atoms with Crippen molar-refractivity contribution < 1.29 is 0 Å². The summed E-state index contributed by atoms with van der Waals surface area (Å²) in [5.41, 5.74) is 4.98. The van der Waals surface area contributed by atoms with Gasteiger partial charge in [-0.1, -0.05) is 13.8 Å². The van der Waals surface area contributed by atoms with Gasteiger partial charge in [0.05, 0.1) is 17.4 Å². The Bertz CT molecular complexity index is 526. The van der Waals surface area contributed by atoms with Crippen LogP contribution in [0.1, 0.15) is 25.0 Å². The Labute approximate surface area is 109 Å². The lowest BCUT2D eigenvalue weighted by Gasteiger charge is -2.09. The molecule has 0 radical (unpaired) electrons. The van der Waals surface area contributed by atoms with E-state index in [0.717, 1.165) is 25.2 Å². The second-order valence-corrected chi connectivity index (χ2v) is 5.46. The first-order chi connectivity index (χ1) is 8.58. The SMILES string of the molecule is Cc1cc2ncn(CCNCC(C)C)c2cc1C. The van der Waals surface area contributed by atoms with Gasteiger partial charge in [-0.15, -0.1) is 0 Å². The highest BCUT2D eigenvalue weighted by Gasteiger charge is 2.04. The summed E-state index contributed by atoms with van der Waals surface area (Å²) < 4.78 is 2.23. The molecule has 0 saturated carbocycles. The Hall–Kier alpha value is -1.35. The topological polar surface area (TPSA) is 29.9 Å². The van der Waals surface area contributed by atoms with Gasteiger partial charge in [-0.25, -0.2) is 4.98 Å². The van der Waals surface area contributed by atoms with Crippen LogP contribution in [0, 0.1) is 19.8 Å². The normalized spacial score (nSPS) is 11.6. The van der Waals surface area contributed by atoms with Crippen molar-refractivity contribution in [1.82, 2.24) is 14.9 Å². The Morgan fingerprint density at radius 2 is 1.94 bits per heavy atom. The first-order valence-electron chi connectivity index (χ1n) is 6.70. The number of imidazole rings is 1. The molecule has 1 N–H and O–H groups in total. The summed E-state index contributed by atoms with van der Waals surface area (Å²) in [5, 5.41) is 3.47. The fourth-order valence-corrected chi connectivity index (χ4v) is 2.08. The highest BCUT2D eigenvalue weighted by molar-refractivity contribution is 5.77. The van der Waals surface area contributed by atoms with E-state index in [1.165, 1.54) is 16.6 Å². The largest absolute Gasteiger partial charge is 0.329 e. The number of aryl methyl sites for hydroxylation is 2. The Morgan fingerprint density at radius 3 is 2.67 bits per heavy atom. The molecular weight excluding hydrogens is 222 g/mol. The molecule has 0 aliphatic carbocycles. The summed E-state index contributed by atoms with van der Waals surface area (Å²) in [6.45, 7) is 11.8. The number of aromatic nitrogens is 2. The van der Waals surface area contributed by atoms with Crippen LogP contribution in [0.4, 0.5) is 0 Å². The molecule has 3 nitrogen and oxygen atoms in total. The molecule has 2 aromatic rings. The lowest BCUT2D eigenvalue weighted by molar-refractivity contribution is 0.528. The van der Waals surface area contributed by atoms with Gasteiger partial charge < -0.3 is 9.88 Å². The number of nitrogens with zero attached hydrogens (tertiary/aromatic N) is 2. The van der Waals surface area contributed by atoms with Crippen LogP contribution in [0.2, 0.25) is 0 Å². The predicted molar refractivity (Wildman–Crippen MR) is 76.9 cm³/mol. The Kier molecular flexibility index (Phi) is 4.02. The lowest BCUT2D eigenvalue weighted by Crippen LogP contribution is -2.23. The van der Waals surface area contributed by atoms with Gasteiger partial charge >= 0.3 is 0 Å². The minimum atomic E-state index is 0.703. The van der Waals surface area contributed by atoms with E-state index in [1.807, 2.05) is 6.33 Å². The fourth-order valence-electron chi connectivity index (χ4n) is 2.08. The third kappa shape index (κ3) is 2.91. The summed E-state index contributed by atoms with van der Waals surface area (Å²) >= 11 is 0. The fraction of sp³-hybridized carbons (Fsp3) is 0.533. The summed E-state index contributed by atoms with van der Waals surface area (Å²) in [6.07, 6.45) is 1.95. The van der Waals surface area contributed by atoms with Crippen molar-refractivity contribution in [1.29, 1.82) is 0 Å². The van der Waals surface area contributed by atoms with Crippen molar-refractivity contribution in [3.8, 4) is 0 Å². The van der Waals surface area contributed by atoms with E-state index in [1.54, 1.807) is 0 Å². The van der Waals surface area contributed by atoms with E-state index in [9.17, 15) is 0 Å². The molecule has 0 spiro atoms. The Morgan fingerprint density at radius 1 is 1.22 bits per heavy atom. The Balaban J connectivity index is 2.07. The molecule has 3 heteroatoms. The average molecular weight is 245 g/mol. The van der Waals surface area contributed by atoms with Crippen LogP contribution in [-0.4, -0.2) is 22.6 Å². The van der Waals surface area contributed by atoms with Crippen LogP contribution >= 0.6 is 0 Å². The van der Waals surface area contributed by atoms with E-state index >= 15 is 0 Å². The quantitative estimate of drug-likeness (QED) is 0.821. The van der Waals surface area contributed by atoms with Crippen LogP contribution in [0.5, 0.6) is 0 Å². The van der Waals surface area contributed by atoms with Crippen LogP contribution in [0.3, 0.4) is 0 Å². The first kappa shape index (κ1) is 13.1. The minimum absolute atomic E-state index is 0.703. The van der Waals surface area contributed by atoms with Crippen molar-refractivity contribution in [3.63, 3.8) is 0 Å². The molecule has 0 aliphatic rings. The maximum absolute atomic E-state index is 4.47. The summed E-state index contributed by atoms with van der Waals surface area (Å²) in [4.78, 5) is 4.47. The van der Waals surface area contributed by atoms with Crippen LogP contribution in [0.15, 0.2) is 18.5 Å². The monoisotopic (exact) mass is 245 g/mol. The number of rotatable bonds is 5. The molecule has 0 fully saturated rings. The van der Waals surface area contributed by atoms with Gasteiger partial charge in [0.2, 0.25) is 0 Å². The van der Waals surface area contributed by atoms with Crippen LogP contribution < -0.4 is 5.32 Å². The van der Waals surface area contributed by atoms with E-state index < -0.39 is 0 Å². The molecule has 1 heterocycles. The predicted octanol–water partition coefficient (Wildman–Crippen LogP) is 2.90. The number of hydrogen-bond acceptors (Lipinski definition) is 2. The van der Waals surface area contributed by atoms with Gasteiger partial charge in [0, 0.05) is 13.1 Å².